The normalized spacial score (nSPS) is 10.8. The molecule has 0 unspecified atom stereocenters. The Labute approximate surface area is 60.0 Å². The van der Waals surface area contributed by atoms with Crippen molar-refractivity contribution in [2.45, 2.75) is 19.4 Å². The van der Waals surface area contributed by atoms with Gasteiger partial charge in [-0.3, -0.25) is 0 Å². The molecule has 0 aromatic carbocycles. The number of nitrogens with one attached hydrogen (secondary N) is 2. The van der Waals surface area contributed by atoms with Crippen LogP contribution in [0.2, 0.25) is 0 Å². The van der Waals surface area contributed by atoms with E-state index in [1.807, 2.05) is 0 Å². The third kappa shape index (κ3) is 3.27. The smallest absolute Gasteiger partial charge is 0.315 e. The van der Waals surface area contributed by atoms with Crippen LogP contribution in [-0.4, -0.2) is 25.3 Å². The number of carbonyl (C=O) groups excluding carboxylic acids is 1. The van der Waals surface area contributed by atoms with Gasteiger partial charge in [0.1, 0.15) is 6.67 Å². The number of hydrogen-bond acceptors (Lipinski definition) is 1. The minimum absolute atomic E-state index is 0.359. The molecular weight excluding hydrogens is 135 g/mol. The molecule has 2 N–H and O–H groups in total. The zero-order valence-electron chi connectivity index (χ0n) is 6.49. The van der Waals surface area contributed by atoms with Gasteiger partial charge in [-0.25, -0.2) is 9.18 Å². The van der Waals surface area contributed by atoms with Crippen molar-refractivity contribution in [1.29, 1.82) is 0 Å². The largest absolute Gasteiger partial charge is 0.341 e. The maximum Gasteiger partial charge on any atom is 0.315 e. The number of halogens is 1. The van der Waals surface area contributed by atoms with Crippen molar-refractivity contribution in [3.8, 4) is 0 Å². The van der Waals surface area contributed by atoms with Gasteiger partial charge in [0.2, 0.25) is 0 Å². The van der Waals surface area contributed by atoms with Gasteiger partial charge in [-0.15, -0.1) is 0 Å². The quantitative estimate of drug-likeness (QED) is 0.593. The number of hydrogen-bond donors (Lipinski definition) is 2. The second-order valence-corrected chi connectivity index (χ2v) is 2.72. The lowest BCUT2D eigenvalue weighted by Gasteiger charge is -2.21. The summed E-state index contributed by atoms with van der Waals surface area (Å²) in [6.07, 6.45) is 0. The van der Waals surface area contributed by atoms with Crippen molar-refractivity contribution in [3.63, 3.8) is 0 Å². The maximum atomic E-state index is 12.0. The number of urea groups is 1. The van der Waals surface area contributed by atoms with Crippen LogP contribution in [0.25, 0.3) is 0 Å². The minimum Gasteiger partial charge on any atom is -0.341 e. The van der Waals surface area contributed by atoms with Crippen molar-refractivity contribution in [3.05, 3.63) is 0 Å². The summed E-state index contributed by atoms with van der Waals surface area (Å²) in [5.41, 5.74) is -0.764. The Morgan fingerprint density at radius 3 is 2.40 bits per heavy atom. The fraction of sp³-hybridized carbons (Fsp3) is 0.833. The van der Waals surface area contributed by atoms with Crippen LogP contribution in [0.15, 0.2) is 0 Å². The van der Waals surface area contributed by atoms with Crippen LogP contribution in [0.5, 0.6) is 0 Å². The average Bonchev–Trinajstić information content (AvgIpc) is 1.87. The monoisotopic (exact) mass is 148 g/mol. The summed E-state index contributed by atoms with van der Waals surface area (Å²) >= 11 is 0. The molecule has 0 saturated carbocycles. The minimum atomic E-state index is -0.764. The first kappa shape index (κ1) is 9.20. The molecule has 4 heteroatoms. The second kappa shape index (κ2) is 3.39. The SMILES string of the molecule is CNC(=O)NC(C)(C)CF. The fourth-order valence-corrected chi connectivity index (χ4v) is 0.403. The van der Waals surface area contributed by atoms with Gasteiger partial charge < -0.3 is 10.6 Å². The van der Waals surface area contributed by atoms with Crippen molar-refractivity contribution < 1.29 is 9.18 Å². The number of amides is 2. The van der Waals surface area contributed by atoms with E-state index >= 15 is 0 Å². The second-order valence-electron chi connectivity index (χ2n) is 2.72. The molecule has 0 spiro atoms. The summed E-state index contributed by atoms with van der Waals surface area (Å²) in [5.74, 6) is 0. The molecule has 3 nitrogen and oxygen atoms in total. The summed E-state index contributed by atoms with van der Waals surface area (Å²) in [6, 6.07) is -0.359. The van der Waals surface area contributed by atoms with Gasteiger partial charge in [0.25, 0.3) is 0 Å². The van der Waals surface area contributed by atoms with Gasteiger partial charge >= 0.3 is 6.03 Å². The Morgan fingerprint density at radius 1 is 1.60 bits per heavy atom. The van der Waals surface area contributed by atoms with Crippen LogP contribution in [-0.2, 0) is 0 Å². The van der Waals surface area contributed by atoms with Crippen molar-refractivity contribution in [2.75, 3.05) is 13.7 Å². The van der Waals surface area contributed by atoms with Gasteiger partial charge in [-0.1, -0.05) is 0 Å². The molecule has 0 fully saturated rings. The maximum absolute atomic E-state index is 12.0. The third-order valence-electron chi connectivity index (χ3n) is 1.01. The standard InChI is InChI=1S/C6H13FN2O/c1-6(2,4-7)9-5(10)8-3/h4H2,1-3H3,(H2,8,9,10). The Balaban J connectivity index is 3.76. The van der Waals surface area contributed by atoms with Crippen LogP contribution >= 0.6 is 0 Å². The van der Waals surface area contributed by atoms with Gasteiger partial charge in [-0.2, -0.15) is 0 Å². The van der Waals surface area contributed by atoms with E-state index in [2.05, 4.69) is 10.6 Å². The Morgan fingerprint density at radius 2 is 2.10 bits per heavy atom. The molecule has 0 aliphatic heterocycles. The van der Waals surface area contributed by atoms with Crippen molar-refractivity contribution in [1.82, 2.24) is 10.6 Å². The molecule has 0 aromatic rings. The predicted molar refractivity (Wildman–Crippen MR) is 37.6 cm³/mol. The first-order valence-corrected chi connectivity index (χ1v) is 3.07. The van der Waals surface area contributed by atoms with Crippen LogP contribution in [0, 0.1) is 0 Å². The first-order valence-electron chi connectivity index (χ1n) is 3.07. The van der Waals surface area contributed by atoms with Crippen LogP contribution in [0.1, 0.15) is 13.8 Å². The molecule has 0 radical (unpaired) electrons. The van der Waals surface area contributed by atoms with Crippen LogP contribution in [0.4, 0.5) is 9.18 Å². The van der Waals surface area contributed by atoms with Gasteiger partial charge in [0.15, 0.2) is 0 Å². The van der Waals surface area contributed by atoms with Gasteiger partial charge in [0, 0.05) is 7.05 Å². The molecule has 60 valence electrons. The molecule has 0 saturated heterocycles. The molecular formula is C6H13FN2O. The van der Waals surface area contributed by atoms with E-state index in [1.165, 1.54) is 7.05 Å². The molecule has 0 aromatic heterocycles. The van der Waals surface area contributed by atoms with Crippen LogP contribution < -0.4 is 10.6 Å². The number of carbonyl (C=O) groups is 1. The van der Waals surface area contributed by atoms with E-state index in [4.69, 9.17) is 0 Å². The zero-order chi connectivity index (χ0) is 8.20. The molecule has 2 amide bonds. The summed E-state index contributed by atoms with van der Waals surface area (Å²) in [5, 5.41) is 4.77. The Kier molecular flexibility index (Phi) is 3.12. The lowest BCUT2D eigenvalue weighted by molar-refractivity contribution is 0.222. The molecule has 0 atom stereocenters. The highest BCUT2D eigenvalue weighted by Gasteiger charge is 2.18. The van der Waals surface area contributed by atoms with Crippen molar-refractivity contribution in [2.24, 2.45) is 0 Å². The number of rotatable bonds is 2. The third-order valence-corrected chi connectivity index (χ3v) is 1.01. The van der Waals surface area contributed by atoms with Gasteiger partial charge in [0.05, 0.1) is 5.54 Å². The highest BCUT2D eigenvalue weighted by atomic mass is 19.1. The van der Waals surface area contributed by atoms with E-state index in [1.54, 1.807) is 13.8 Å². The first-order chi connectivity index (χ1) is 4.52. The van der Waals surface area contributed by atoms with E-state index in [0.717, 1.165) is 0 Å². The lowest BCUT2D eigenvalue weighted by atomic mass is 10.1. The summed E-state index contributed by atoms with van der Waals surface area (Å²) in [4.78, 5) is 10.6. The summed E-state index contributed by atoms with van der Waals surface area (Å²) in [7, 11) is 1.49. The summed E-state index contributed by atoms with van der Waals surface area (Å²) in [6.45, 7) is 2.66. The van der Waals surface area contributed by atoms with Crippen LogP contribution in [0.3, 0.4) is 0 Å². The molecule has 0 aliphatic carbocycles. The summed E-state index contributed by atoms with van der Waals surface area (Å²) < 4.78 is 12.0. The molecule has 0 aliphatic rings. The van der Waals surface area contributed by atoms with Crippen molar-refractivity contribution >= 4 is 6.03 Å². The average molecular weight is 148 g/mol. The van der Waals surface area contributed by atoms with Gasteiger partial charge in [-0.05, 0) is 13.8 Å². The molecule has 0 rings (SSSR count). The van der Waals surface area contributed by atoms with E-state index in [0.29, 0.717) is 0 Å². The van der Waals surface area contributed by atoms with E-state index < -0.39 is 12.2 Å². The Bertz CT molecular complexity index is 125. The fourth-order valence-electron chi connectivity index (χ4n) is 0.403. The van der Waals surface area contributed by atoms with E-state index in [-0.39, 0.29) is 6.03 Å². The Hall–Kier alpha value is -0.800. The highest BCUT2D eigenvalue weighted by Crippen LogP contribution is 2.00. The molecule has 10 heavy (non-hydrogen) atoms. The molecule has 0 heterocycles. The number of alkyl halides is 1. The predicted octanol–water partition coefficient (Wildman–Crippen LogP) is 0.663. The molecule has 0 bridgehead atoms. The van der Waals surface area contributed by atoms with E-state index in [9.17, 15) is 9.18 Å². The zero-order valence-corrected chi connectivity index (χ0v) is 6.49. The lowest BCUT2D eigenvalue weighted by Crippen LogP contribution is -2.48. The topological polar surface area (TPSA) is 41.1 Å². The highest BCUT2D eigenvalue weighted by molar-refractivity contribution is 5.74.